The molecule has 2 aromatic heterocycles. The Morgan fingerprint density at radius 1 is 1.20 bits per heavy atom. The van der Waals surface area contributed by atoms with E-state index in [0.29, 0.717) is 37.7 Å². The van der Waals surface area contributed by atoms with Gasteiger partial charge in [0.15, 0.2) is 0 Å². The normalized spacial score (nSPS) is 16.0. The number of hydrogen-bond acceptors (Lipinski definition) is 6. The van der Waals surface area contributed by atoms with Crippen LogP contribution in [0.3, 0.4) is 0 Å². The molecule has 156 valence electrons. The van der Waals surface area contributed by atoms with Gasteiger partial charge in [0, 0.05) is 50.5 Å². The van der Waals surface area contributed by atoms with Crippen molar-refractivity contribution in [2.75, 3.05) is 13.2 Å². The Hall–Kier alpha value is -3.06. The molecule has 4 rings (SSSR count). The molecule has 3 heterocycles. The van der Waals surface area contributed by atoms with Crippen LogP contribution in [0, 0.1) is 6.92 Å². The van der Waals surface area contributed by atoms with Crippen molar-refractivity contribution in [2.45, 2.75) is 45.3 Å². The number of amides is 1. The lowest BCUT2D eigenvalue weighted by atomic mass is 10.1. The van der Waals surface area contributed by atoms with Crippen LogP contribution in [0.1, 0.15) is 36.3 Å². The third-order valence-electron chi connectivity index (χ3n) is 5.22. The fourth-order valence-electron chi connectivity index (χ4n) is 3.54. The van der Waals surface area contributed by atoms with E-state index in [4.69, 9.17) is 9.15 Å². The maximum absolute atomic E-state index is 13.0. The van der Waals surface area contributed by atoms with E-state index < -0.39 is 0 Å². The maximum Gasteiger partial charge on any atom is 0.247 e. The molecule has 1 amide bonds. The van der Waals surface area contributed by atoms with Gasteiger partial charge in [0.05, 0.1) is 6.10 Å². The van der Waals surface area contributed by atoms with Crippen molar-refractivity contribution in [3.8, 4) is 11.5 Å². The first-order valence-electron chi connectivity index (χ1n) is 10.3. The summed E-state index contributed by atoms with van der Waals surface area (Å²) in [5.41, 5.74) is 3.05. The smallest absolute Gasteiger partial charge is 0.247 e. The summed E-state index contributed by atoms with van der Waals surface area (Å²) in [5.74, 6) is 0.992. The van der Waals surface area contributed by atoms with E-state index in [9.17, 15) is 4.79 Å². The molecule has 0 saturated carbocycles. The average Bonchev–Trinajstić information content (AvgIpc) is 3.45. The van der Waals surface area contributed by atoms with Crippen molar-refractivity contribution >= 4 is 5.91 Å². The Labute approximate surface area is 176 Å². The molecule has 1 fully saturated rings. The number of carbonyl (C=O) groups is 1. The van der Waals surface area contributed by atoms with Gasteiger partial charge in [0.2, 0.25) is 17.7 Å². The summed E-state index contributed by atoms with van der Waals surface area (Å²) in [6, 6.07) is 11.8. The molecule has 0 radical (unpaired) electrons. The zero-order valence-corrected chi connectivity index (χ0v) is 17.2. The van der Waals surface area contributed by atoms with Crippen LogP contribution >= 0.6 is 0 Å². The minimum atomic E-state index is 0.0458. The van der Waals surface area contributed by atoms with E-state index >= 15 is 0 Å². The molecule has 7 heteroatoms. The summed E-state index contributed by atoms with van der Waals surface area (Å²) in [6.07, 6.45) is 6.37. The number of hydrogen-bond donors (Lipinski definition) is 0. The Balaban J connectivity index is 1.38. The predicted octanol–water partition coefficient (Wildman–Crippen LogP) is 3.58. The first-order valence-corrected chi connectivity index (χ1v) is 10.3. The summed E-state index contributed by atoms with van der Waals surface area (Å²) >= 11 is 0. The second-order valence-corrected chi connectivity index (χ2v) is 7.64. The third-order valence-corrected chi connectivity index (χ3v) is 5.22. The zero-order chi connectivity index (χ0) is 20.8. The Morgan fingerprint density at radius 2 is 2.07 bits per heavy atom. The van der Waals surface area contributed by atoms with Gasteiger partial charge < -0.3 is 14.1 Å². The summed E-state index contributed by atoms with van der Waals surface area (Å²) in [4.78, 5) is 19.0. The Kier molecular flexibility index (Phi) is 6.49. The molecule has 1 atom stereocenters. The minimum absolute atomic E-state index is 0.0458. The van der Waals surface area contributed by atoms with Gasteiger partial charge >= 0.3 is 0 Å². The van der Waals surface area contributed by atoms with Crippen molar-refractivity contribution < 1.29 is 13.9 Å². The monoisotopic (exact) mass is 406 g/mol. The summed E-state index contributed by atoms with van der Waals surface area (Å²) < 4.78 is 11.5. The van der Waals surface area contributed by atoms with Crippen molar-refractivity contribution in [1.82, 2.24) is 20.1 Å². The predicted molar refractivity (Wildman–Crippen MR) is 111 cm³/mol. The lowest BCUT2D eigenvalue weighted by molar-refractivity contribution is -0.133. The molecule has 1 aromatic carbocycles. The van der Waals surface area contributed by atoms with E-state index in [-0.39, 0.29) is 12.0 Å². The van der Waals surface area contributed by atoms with Crippen LogP contribution in [0.4, 0.5) is 0 Å². The van der Waals surface area contributed by atoms with Crippen molar-refractivity contribution in [3.63, 3.8) is 0 Å². The second-order valence-electron chi connectivity index (χ2n) is 7.64. The molecule has 0 aliphatic carbocycles. The maximum atomic E-state index is 13.0. The molecule has 0 N–H and O–H groups in total. The van der Waals surface area contributed by atoms with Gasteiger partial charge in [-0.3, -0.25) is 9.78 Å². The fraction of sp³-hybridized carbons (Fsp3) is 0.391. The van der Waals surface area contributed by atoms with E-state index in [1.807, 2.05) is 48.2 Å². The largest absolute Gasteiger partial charge is 0.421 e. The van der Waals surface area contributed by atoms with Gasteiger partial charge in [-0.2, -0.15) is 0 Å². The van der Waals surface area contributed by atoms with Crippen molar-refractivity contribution in [1.29, 1.82) is 0 Å². The molecular weight excluding hydrogens is 380 g/mol. The standard InChI is InChI=1S/C23H26N4O3/c1-17-6-8-19(9-7-17)23-26-25-21(30-23)10-11-22(28)27(16-20-5-3-13-29-20)15-18-4-2-12-24-14-18/h2,4,6-9,12,14,20H,3,5,10-11,13,15-16H2,1H3. The Morgan fingerprint density at radius 3 is 2.80 bits per heavy atom. The second kappa shape index (κ2) is 9.63. The third kappa shape index (κ3) is 5.30. The number of carbonyl (C=O) groups excluding carboxylic acids is 1. The first kappa shape index (κ1) is 20.2. The highest BCUT2D eigenvalue weighted by Gasteiger charge is 2.23. The average molecular weight is 406 g/mol. The number of ether oxygens (including phenoxy) is 1. The molecule has 1 aliphatic heterocycles. The molecule has 1 unspecified atom stereocenters. The quantitative estimate of drug-likeness (QED) is 0.569. The summed E-state index contributed by atoms with van der Waals surface area (Å²) in [5, 5.41) is 8.23. The van der Waals surface area contributed by atoms with Crippen molar-refractivity contribution in [3.05, 3.63) is 65.8 Å². The molecule has 7 nitrogen and oxygen atoms in total. The van der Waals surface area contributed by atoms with Gasteiger partial charge in [0.25, 0.3) is 0 Å². The first-order chi connectivity index (χ1) is 14.7. The number of aryl methyl sites for hydroxylation is 2. The van der Waals surface area contributed by atoms with Crippen LogP contribution in [0.15, 0.2) is 53.2 Å². The molecule has 1 saturated heterocycles. The molecule has 3 aromatic rings. The highest BCUT2D eigenvalue weighted by atomic mass is 16.5. The van der Waals surface area contributed by atoms with E-state index in [0.717, 1.165) is 30.6 Å². The van der Waals surface area contributed by atoms with E-state index in [2.05, 4.69) is 15.2 Å². The van der Waals surface area contributed by atoms with Gasteiger partial charge in [-0.05, 0) is 43.5 Å². The number of pyridine rings is 1. The van der Waals surface area contributed by atoms with Crippen LogP contribution in [0.2, 0.25) is 0 Å². The number of rotatable bonds is 8. The van der Waals surface area contributed by atoms with Gasteiger partial charge in [-0.1, -0.05) is 23.8 Å². The van der Waals surface area contributed by atoms with Gasteiger partial charge in [-0.25, -0.2) is 0 Å². The molecule has 30 heavy (non-hydrogen) atoms. The lowest BCUT2D eigenvalue weighted by Crippen LogP contribution is -2.37. The molecule has 1 aliphatic rings. The van der Waals surface area contributed by atoms with Crippen LogP contribution in [-0.2, 0) is 22.5 Å². The van der Waals surface area contributed by atoms with Crippen LogP contribution in [-0.4, -0.2) is 45.2 Å². The zero-order valence-electron chi connectivity index (χ0n) is 17.2. The summed E-state index contributed by atoms with van der Waals surface area (Å²) in [7, 11) is 0. The van der Waals surface area contributed by atoms with Crippen LogP contribution < -0.4 is 0 Å². The lowest BCUT2D eigenvalue weighted by Gasteiger charge is -2.25. The van der Waals surface area contributed by atoms with Gasteiger partial charge in [0.1, 0.15) is 0 Å². The number of benzene rings is 1. The Bertz CT molecular complexity index is 950. The van der Waals surface area contributed by atoms with Gasteiger partial charge in [-0.15, -0.1) is 10.2 Å². The molecule has 0 spiro atoms. The van der Waals surface area contributed by atoms with Crippen molar-refractivity contribution in [2.24, 2.45) is 0 Å². The highest BCUT2D eigenvalue weighted by Crippen LogP contribution is 2.20. The highest BCUT2D eigenvalue weighted by molar-refractivity contribution is 5.76. The number of nitrogens with zero attached hydrogens (tertiary/aromatic N) is 4. The number of aromatic nitrogens is 3. The minimum Gasteiger partial charge on any atom is -0.421 e. The topological polar surface area (TPSA) is 81.4 Å². The summed E-state index contributed by atoms with van der Waals surface area (Å²) in [6.45, 7) is 3.91. The van der Waals surface area contributed by atoms with Crippen LogP contribution in [0.25, 0.3) is 11.5 Å². The van der Waals surface area contributed by atoms with E-state index in [1.54, 1.807) is 12.4 Å². The fourth-order valence-corrected chi connectivity index (χ4v) is 3.54. The SMILES string of the molecule is Cc1ccc(-c2nnc(CCC(=O)N(Cc3cccnc3)CC3CCCO3)o2)cc1. The van der Waals surface area contributed by atoms with E-state index in [1.165, 1.54) is 5.56 Å². The molecule has 0 bridgehead atoms. The molecular formula is C23H26N4O3. The van der Waals surface area contributed by atoms with Crippen LogP contribution in [0.5, 0.6) is 0 Å².